The Bertz CT molecular complexity index is 286. The fourth-order valence-electron chi connectivity index (χ4n) is 2.09. The molecule has 15 heavy (non-hydrogen) atoms. The van der Waals surface area contributed by atoms with E-state index in [0.29, 0.717) is 19.6 Å². The molecule has 2 N–H and O–H groups in total. The number of hydrogen-bond acceptors (Lipinski definition) is 4. The third-order valence-corrected chi connectivity index (χ3v) is 2.91. The van der Waals surface area contributed by atoms with Crippen LogP contribution in [-0.4, -0.2) is 47.3 Å². The third-order valence-electron chi connectivity index (χ3n) is 2.91. The lowest BCUT2D eigenvalue weighted by atomic mass is 9.89. The molecule has 2 fully saturated rings. The van der Waals surface area contributed by atoms with Crippen molar-refractivity contribution in [2.24, 2.45) is 0 Å². The molecule has 84 valence electrons. The maximum atomic E-state index is 11.5. The molecule has 0 aromatic carbocycles. The zero-order valence-corrected chi connectivity index (χ0v) is 8.36. The fraction of sp³-hybridized carbons (Fsp3) is 0.778. The quantitative estimate of drug-likeness (QED) is 0.639. The van der Waals surface area contributed by atoms with E-state index >= 15 is 0 Å². The summed E-state index contributed by atoms with van der Waals surface area (Å²) >= 11 is 0. The van der Waals surface area contributed by atoms with E-state index in [9.17, 15) is 9.59 Å². The van der Waals surface area contributed by atoms with Crippen molar-refractivity contribution in [1.82, 2.24) is 10.4 Å². The van der Waals surface area contributed by atoms with E-state index in [1.165, 1.54) is 5.01 Å². The molecule has 0 aromatic heterocycles. The van der Waals surface area contributed by atoms with Gasteiger partial charge >= 0.3 is 5.97 Å². The molecule has 0 aromatic rings. The van der Waals surface area contributed by atoms with Crippen LogP contribution >= 0.6 is 0 Å². The molecule has 2 aliphatic heterocycles. The molecule has 0 unspecified atom stereocenters. The second-order valence-electron chi connectivity index (χ2n) is 4.05. The van der Waals surface area contributed by atoms with Crippen LogP contribution in [0.1, 0.15) is 19.3 Å². The van der Waals surface area contributed by atoms with Gasteiger partial charge in [0.2, 0.25) is 5.91 Å². The van der Waals surface area contributed by atoms with Gasteiger partial charge in [0.1, 0.15) is 6.54 Å². The lowest BCUT2D eigenvalue weighted by Gasteiger charge is -2.33. The molecule has 0 radical (unpaired) electrons. The summed E-state index contributed by atoms with van der Waals surface area (Å²) in [4.78, 5) is 22.1. The lowest BCUT2D eigenvalue weighted by Crippen LogP contribution is -2.50. The van der Waals surface area contributed by atoms with Crippen molar-refractivity contribution >= 4 is 11.9 Å². The van der Waals surface area contributed by atoms with Crippen LogP contribution in [-0.2, 0) is 14.3 Å². The van der Waals surface area contributed by atoms with Crippen LogP contribution in [0.15, 0.2) is 0 Å². The summed E-state index contributed by atoms with van der Waals surface area (Å²) < 4.78 is 5.22. The molecular weight excluding hydrogens is 200 g/mol. The molecule has 6 nitrogen and oxygen atoms in total. The van der Waals surface area contributed by atoms with Crippen LogP contribution in [0.3, 0.4) is 0 Å². The highest BCUT2D eigenvalue weighted by Crippen LogP contribution is 2.29. The van der Waals surface area contributed by atoms with Crippen LogP contribution in [0.5, 0.6) is 0 Å². The first-order chi connectivity index (χ1) is 7.11. The molecule has 2 heterocycles. The van der Waals surface area contributed by atoms with Gasteiger partial charge in [-0.1, -0.05) is 0 Å². The molecule has 6 heteroatoms. The number of nitrogens with zero attached hydrogens (tertiary/aromatic N) is 1. The molecule has 1 amide bonds. The van der Waals surface area contributed by atoms with Gasteiger partial charge in [0.15, 0.2) is 0 Å². The largest absolute Gasteiger partial charge is 0.480 e. The van der Waals surface area contributed by atoms with E-state index in [4.69, 9.17) is 9.84 Å². The number of aliphatic carboxylic acids is 1. The summed E-state index contributed by atoms with van der Waals surface area (Å²) in [6, 6.07) is 0. The van der Waals surface area contributed by atoms with Gasteiger partial charge in [0, 0.05) is 19.6 Å². The normalized spacial score (nSPS) is 24.8. The summed E-state index contributed by atoms with van der Waals surface area (Å²) in [5.74, 6) is -1.14. The van der Waals surface area contributed by atoms with Crippen molar-refractivity contribution in [2.75, 3.05) is 19.8 Å². The second-order valence-corrected chi connectivity index (χ2v) is 4.05. The highest BCUT2D eigenvalue weighted by molar-refractivity contribution is 5.83. The first-order valence-electron chi connectivity index (χ1n) is 4.99. The van der Waals surface area contributed by atoms with Crippen molar-refractivity contribution in [2.45, 2.75) is 24.8 Å². The highest BCUT2D eigenvalue weighted by Gasteiger charge is 2.44. The summed E-state index contributed by atoms with van der Waals surface area (Å²) in [5.41, 5.74) is 2.75. The summed E-state index contributed by atoms with van der Waals surface area (Å²) in [5, 5.41) is 9.82. The van der Waals surface area contributed by atoms with Gasteiger partial charge in [-0.05, 0) is 12.8 Å². The molecule has 0 aliphatic carbocycles. The molecule has 2 aliphatic rings. The standard InChI is InChI=1S/C9H14N2O4/c12-7-5-9(1-3-15-4-2-9)10-11(7)6-8(13)14/h10H,1-6H2,(H,13,14). The Kier molecular flexibility index (Phi) is 2.62. The maximum Gasteiger partial charge on any atom is 0.324 e. The van der Waals surface area contributed by atoms with E-state index in [2.05, 4.69) is 5.43 Å². The predicted octanol–water partition coefficient (Wildman–Crippen LogP) is -0.643. The molecule has 0 bridgehead atoms. The monoisotopic (exact) mass is 214 g/mol. The van der Waals surface area contributed by atoms with Crippen LogP contribution in [0.4, 0.5) is 0 Å². The first-order valence-corrected chi connectivity index (χ1v) is 4.99. The Hall–Kier alpha value is -1.14. The summed E-state index contributed by atoms with van der Waals surface area (Å²) in [7, 11) is 0. The minimum Gasteiger partial charge on any atom is -0.480 e. The zero-order valence-electron chi connectivity index (χ0n) is 8.36. The predicted molar refractivity (Wildman–Crippen MR) is 49.9 cm³/mol. The third kappa shape index (κ3) is 2.10. The molecule has 1 spiro atoms. The Morgan fingerprint density at radius 1 is 1.53 bits per heavy atom. The van der Waals surface area contributed by atoms with Crippen LogP contribution in [0.25, 0.3) is 0 Å². The number of carbonyl (C=O) groups is 2. The Balaban J connectivity index is 2.01. The van der Waals surface area contributed by atoms with E-state index in [-0.39, 0.29) is 18.0 Å². The van der Waals surface area contributed by atoms with Gasteiger partial charge < -0.3 is 9.84 Å². The first kappa shape index (κ1) is 10.4. The maximum absolute atomic E-state index is 11.5. The number of hydrazine groups is 1. The number of ether oxygens (including phenoxy) is 1. The second kappa shape index (κ2) is 3.79. The van der Waals surface area contributed by atoms with Crippen molar-refractivity contribution in [3.63, 3.8) is 0 Å². The van der Waals surface area contributed by atoms with Gasteiger partial charge in [-0.3, -0.25) is 14.6 Å². The lowest BCUT2D eigenvalue weighted by molar-refractivity contribution is -0.144. The fourth-order valence-corrected chi connectivity index (χ4v) is 2.09. The summed E-state index contributed by atoms with van der Waals surface area (Å²) in [6.07, 6.45) is 1.90. The smallest absolute Gasteiger partial charge is 0.324 e. The number of hydrogen-bond donors (Lipinski definition) is 2. The van der Waals surface area contributed by atoms with Crippen LogP contribution in [0, 0.1) is 0 Å². The number of nitrogens with one attached hydrogen (secondary N) is 1. The van der Waals surface area contributed by atoms with Crippen LogP contribution < -0.4 is 5.43 Å². The van der Waals surface area contributed by atoms with Gasteiger partial charge in [-0.2, -0.15) is 0 Å². The van der Waals surface area contributed by atoms with Gasteiger partial charge in [-0.15, -0.1) is 0 Å². The highest BCUT2D eigenvalue weighted by atomic mass is 16.5. The average molecular weight is 214 g/mol. The van der Waals surface area contributed by atoms with Crippen LogP contribution in [0.2, 0.25) is 0 Å². The van der Waals surface area contributed by atoms with Crippen molar-refractivity contribution < 1.29 is 19.4 Å². The molecule has 0 saturated carbocycles. The molecule has 2 saturated heterocycles. The molecule has 2 rings (SSSR count). The topological polar surface area (TPSA) is 78.9 Å². The van der Waals surface area contributed by atoms with E-state index in [0.717, 1.165) is 12.8 Å². The number of carboxylic acids is 1. The van der Waals surface area contributed by atoms with E-state index < -0.39 is 5.97 Å². The summed E-state index contributed by atoms with van der Waals surface area (Å²) in [6.45, 7) is 0.976. The molecular formula is C9H14N2O4. The number of carboxylic acid groups (broad SMARTS) is 1. The SMILES string of the molecule is O=C(O)CN1NC2(CCOCC2)CC1=O. The Labute approximate surface area is 87.2 Å². The molecule has 0 atom stereocenters. The van der Waals surface area contributed by atoms with Gasteiger partial charge in [-0.25, -0.2) is 5.43 Å². The van der Waals surface area contributed by atoms with Gasteiger partial charge in [0.25, 0.3) is 0 Å². The van der Waals surface area contributed by atoms with Crippen molar-refractivity contribution in [1.29, 1.82) is 0 Å². The number of carbonyl (C=O) groups excluding carboxylic acids is 1. The minimum atomic E-state index is -1.00. The van der Waals surface area contributed by atoms with Gasteiger partial charge in [0.05, 0.1) is 5.54 Å². The average Bonchev–Trinajstić information content (AvgIpc) is 2.43. The number of amides is 1. The Morgan fingerprint density at radius 3 is 2.80 bits per heavy atom. The van der Waals surface area contributed by atoms with Crippen molar-refractivity contribution in [3.05, 3.63) is 0 Å². The van der Waals surface area contributed by atoms with Crippen molar-refractivity contribution in [3.8, 4) is 0 Å². The Morgan fingerprint density at radius 2 is 2.20 bits per heavy atom. The van der Waals surface area contributed by atoms with E-state index in [1.54, 1.807) is 0 Å². The minimum absolute atomic E-state index is 0.140. The zero-order chi connectivity index (χ0) is 10.9. The number of rotatable bonds is 2. The van der Waals surface area contributed by atoms with E-state index in [1.807, 2.05) is 0 Å².